The molecule has 1 aromatic carbocycles. The molecule has 0 atom stereocenters. The van der Waals surface area contributed by atoms with Gasteiger partial charge in [-0.2, -0.15) is 13.2 Å². The first-order chi connectivity index (χ1) is 8.48. The minimum absolute atomic E-state index is 0.0867. The second-order valence-corrected chi connectivity index (χ2v) is 4.20. The number of anilines is 1. The molecule has 96 valence electrons. The van der Waals surface area contributed by atoms with Crippen LogP contribution in [0.2, 0.25) is 0 Å². The van der Waals surface area contributed by atoms with E-state index in [1.165, 1.54) is 18.2 Å². The predicted octanol–water partition coefficient (Wildman–Crippen LogP) is 2.72. The highest BCUT2D eigenvalue weighted by Crippen LogP contribution is 2.36. The number of alkyl halides is 3. The fourth-order valence-electron chi connectivity index (χ4n) is 1.29. The highest BCUT2D eigenvalue weighted by Gasteiger charge is 2.34. The third-order valence-corrected chi connectivity index (χ3v) is 2.85. The lowest BCUT2D eigenvalue weighted by molar-refractivity contribution is -0.139. The maximum Gasteiger partial charge on any atom is 0.419 e. The first-order valence-corrected chi connectivity index (χ1v) is 5.61. The number of nitrogens with zero attached hydrogens (tertiary/aromatic N) is 2. The zero-order valence-corrected chi connectivity index (χ0v) is 9.76. The van der Waals surface area contributed by atoms with E-state index >= 15 is 0 Å². The van der Waals surface area contributed by atoms with E-state index in [9.17, 15) is 13.2 Å². The van der Waals surface area contributed by atoms with Crippen molar-refractivity contribution in [3.63, 3.8) is 0 Å². The molecule has 0 radical (unpaired) electrons. The number of nitrogens with two attached hydrogens (primary N) is 1. The van der Waals surface area contributed by atoms with Crippen molar-refractivity contribution in [3.8, 4) is 5.75 Å². The van der Waals surface area contributed by atoms with Crippen LogP contribution in [0, 0.1) is 0 Å². The number of aromatic nitrogens is 2. The van der Waals surface area contributed by atoms with Gasteiger partial charge in [0.25, 0.3) is 0 Å². The number of hydrogen-bond acceptors (Lipinski definition) is 5. The van der Waals surface area contributed by atoms with Gasteiger partial charge in [-0.25, -0.2) is 0 Å². The number of para-hydroxylation sites is 1. The smallest absolute Gasteiger partial charge is 0.419 e. The topological polar surface area (TPSA) is 61.0 Å². The fraction of sp³-hybridized carbons (Fsp3) is 0.200. The summed E-state index contributed by atoms with van der Waals surface area (Å²) < 4.78 is 46.7. The van der Waals surface area contributed by atoms with Gasteiger partial charge in [0, 0.05) is 0 Å². The number of rotatable bonds is 3. The lowest BCUT2D eigenvalue weighted by Gasteiger charge is -2.12. The van der Waals surface area contributed by atoms with Crippen LogP contribution in [0.25, 0.3) is 0 Å². The Kier molecular flexibility index (Phi) is 3.37. The first kappa shape index (κ1) is 12.6. The van der Waals surface area contributed by atoms with Crippen LogP contribution in [-0.4, -0.2) is 9.59 Å². The molecule has 0 saturated heterocycles. The van der Waals surface area contributed by atoms with Crippen molar-refractivity contribution < 1.29 is 17.9 Å². The maximum atomic E-state index is 12.7. The van der Waals surface area contributed by atoms with Crippen LogP contribution in [0.3, 0.4) is 0 Å². The van der Waals surface area contributed by atoms with Crippen molar-refractivity contribution >= 4 is 17.4 Å². The lowest BCUT2D eigenvalue weighted by Crippen LogP contribution is -2.08. The van der Waals surface area contributed by atoms with Gasteiger partial charge < -0.3 is 10.5 Å². The van der Waals surface area contributed by atoms with Gasteiger partial charge in [-0.1, -0.05) is 16.6 Å². The van der Waals surface area contributed by atoms with E-state index in [1.807, 2.05) is 0 Å². The van der Waals surface area contributed by atoms with Crippen LogP contribution < -0.4 is 10.5 Å². The molecular formula is C10H8F3N3OS. The first-order valence-electron chi connectivity index (χ1n) is 4.84. The summed E-state index contributed by atoms with van der Waals surface area (Å²) in [4.78, 5) is 0.493. The second-order valence-electron chi connectivity index (χ2n) is 3.36. The van der Waals surface area contributed by atoms with Crippen LogP contribution in [0.5, 0.6) is 5.75 Å². The average molecular weight is 275 g/mol. The zero-order chi connectivity index (χ0) is 13.2. The molecule has 0 aliphatic heterocycles. The van der Waals surface area contributed by atoms with Crippen LogP contribution in [0.1, 0.15) is 10.4 Å². The Labute approximate surface area is 104 Å². The number of benzene rings is 1. The van der Waals surface area contributed by atoms with Gasteiger partial charge in [0.1, 0.15) is 17.2 Å². The summed E-state index contributed by atoms with van der Waals surface area (Å²) in [5, 5.41) is 3.54. The maximum absolute atomic E-state index is 12.7. The number of halogens is 3. The Morgan fingerprint density at radius 3 is 2.61 bits per heavy atom. The van der Waals surface area contributed by atoms with Gasteiger partial charge in [-0.05, 0) is 23.7 Å². The Morgan fingerprint density at radius 1 is 1.28 bits per heavy atom. The monoisotopic (exact) mass is 275 g/mol. The molecule has 0 aliphatic carbocycles. The molecule has 2 rings (SSSR count). The Balaban J connectivity index is 2.17. The molecule has 2 N–H and O–H groups in total. The number of hydrogen-bond donors (Lipinski definition) is 1. The summed E-state index contributed by atoms with van der Waals surface area (Å²) in [6, 6.07) is 4.99. The van der Waals surface area contributed by atoms with E-state index in [4.69, 9.17) is 10.5 Å². The normalized spacial score (nSPS) is 11.5. The van der Waals surface area contributed by atoms with Crippen LogP contribution >= 0.6 is 11.5 Å². The van der Waals surface area contributed by atoms with Crippen molar-refractivity contribution in [2.24, 2.45) is 0 Å². The molecule has 1 aromatic heterocycles. The van der Waals surface area contributed by atoms with Crippen LogP contribution in [0.15, 0.2) is 24.3 Å². The Hall–Kier alpha value is -1.83. The highest BCUT2D eigenvalue weighted by molar-refractivity contribution is 7.05. The summed E-state index contributed by atoms with van der Waals surface area (Å²) in [7, 11) is 0. The van der Waals surface area contributed by atoms with Crippen molar-refractivity contribution in [2.75, 3.05) is 5.73 Å². The molecule has 4 nitrogen and oxygen atoms in total. The van der Waals surface area contributed by atoms with Crippen molar-refractivity contribution in [2.45, 2.75) is 12.8 Å². The Bertz CT molecular complexity index is 541. The van der Waals surface area contributed by atoms with Gasteiger partial charge in [0.05, 0.1) is 5.56 Å². The van der Waals surface area contributed by atoms with E-state index < -0.39 is 11.7 Å². The Morgan fingerprint density at radius 2 is 2.00 bits per heavy atom. The molecule has 8 heteroatoms. The molecule has 2 aromatic rings. The molecule has 0 unspecified atom stereocenters. The highest BCUT2D eigenvalue weighted by atomic mass is 32.1. The molecule has 18 heavy (non-hydrogen) atoms. The molecule has 0 amide bonds. The molecule has 0 spiro atoms. The molecular weight excluding hydrogens is 267 g/mol. The van der Waals surface area contributed by atoms with E-state index in [0.717, 1.165) is 17.6 Å². The molecule has 1 heterocycles. The predicted molar refractivity (Wildman–Crippen MR) is 60.1 cm³/mol. The third kappa shape index (κ3) is 2.70. The van der Waals surface area contributed by atoms with Crippen LogP contribution in [-0.2, 0) is 12.8 Å². The van der Waals surface area contributed by atoms with Gasteiger partial charge in [0.2, 0.25) is 0 Å². The SMILES string of the molecule is Nc1nnsc1COc1ccccc1C(F)(F)F. The van der Waals surface area contributed by atoms with E-state index in [-0.39, 0.29) is 18.2 Å². The van der Waals surface area contributed by atoms with Gasteiger partial charge >= 0.3 is 6.18 Å². The quantitative estimate of drug-likeness (QED) is 0.935. The number of nitrogen functional groups attached to an aromatic ring is 1. The molecule has 0 bridgehead atoms. The van der Waals surface area contributed by atoms with Crippen LogP contribution in [0.4, 0.5) is 19.0 Å². The van der Waals surface area contributed by atoms with E-state index in [1.54, 1.807) is 0 Å². The fourth-order valence-corrected chi connectivity index (χ4v) is 1.76. The van der Waals surface area contributed by atoms with Crippen molar-refractivity contribution in [1.29, 1.82) is 0 Å². The van der Waals surface area contributed by atoms with Crippen molar-refractivity contribution in [1.82, 2.24) is 9.59 Å². The largest absolute Gasteiger partial charge is 0.487 e. The summed E-state index contributed by atoms with van der Waals surface area (Å²) in [5.74, 6) is -0.0673. The van der Waals surface area contributed by atoms with Gasteiger partial charge in [-0.3, -0.25) is 0 Å². The second kappa shape index (κ2) is 4.81. The minimum Gasteiger partial charge on any atom is -0.487 e. The standard InChI is InChI=1S/C10H8F3N3OS/c11-10(12,13)6-3-1-2-4-7(6)17-5-8-9(14)15-16-18-8/h1-4H,5,14H2. The van der Waals surface area contributed by atoms with E-state index in [2.05, 4.69) is 9.59 Å². The van der Waals surface area contributed by atoms with E-state index in [0.29, 0.717) is 4.88 Å². The molecule has 0 saturated carbocycles. The molecule has 0 fully saturated rings. The third-order valence-electron chi connectivity index (χ3n) is 2.14. The van der Waals surface area contributed by atoms with Crippen molar-refractivity contribution in [3.05, 3.63) is 34.7 Å². The minimum atomic E-state index is -4.45. The summed E-state index contributed by atoms with van der Waals surface area (Å²) in [5.41, 5.74) is 4.64. The van der Waals surface area contributed by atoms with Gasteiger partial charge in [0.15, 0.2) is 5.82 Å². The summed E-state index contributed by atoms with van der Waals surface area (Å²) in [6.07, 6.45) is -4.45. The summed E-state index contributed by atoms with van der Waals surface area (Å²) in [6.45, 7) is -0.0867. The molecule has 0 aliphatic rings. The zero-order valence-electron chi connectivity index (χ0n) is 8.94. The average Bonchev–Trinajstić information content (AvgIpc) is 2.71. The summed E-state index contributed by atoms with van der Waals surface area (Å²) >= 11 is 0.990. The lowest BCUT2D eigenvalue weighted by atomic mass is 10.2. The van der Waals surface area contributed by atoms with Gasteiger partial charge in [-0.15, -0.1) is 5.10 Å². The number of ether oxygens (including phenoxy) is 1.